The number of benzene rings is 2. The fourth-order valence-electron chi connectivity index (χ4n) is 2.96. The molecule has 6 aromatic rings. The van der Waals surface area contributed by atoms with Crippen molar-refractivity contribution in [3.63, 3.8) is 0 Å². The predicted octanol–water partition coefficient (Wildman–Crippen LogP) is 6.16. The second kappa shape index (κ2) is 12.1. The molecule has 0 bridgehead atoms. The van der Waals surface area contributed by atoms with E-state index in [1.54, 1.807) is 27.4 Å². The molecule has 4 heterocycles. The molecule has 10 nitrogen and oxygen atoms in total. The molecule has 200 valence electrons. The van der Waals surface area contributed by atoms with Gasteiger partial charge in [-0.05, 0) is 42.5 Å². The maximum absolute atomic E-state index is 13.5. The number of nitrogens with two attached hydrogens (primary N) is 2. The van der Waals surface area contributed by atoms with Gasteiger partial charge in [-0.2, -0.15) is 10.2 Å². The second-order valence-corrected chi connectivity index (χ2v) is 9.19. The topological polar surface area (TPSA) is 142 Å². The van der Waals surface area contributed by atoms with Crippen LogP contribution in [0.2, 0.25) is 10.0 Å². The monoisotopic (exact) mass is 636 g/mol. The molecule has 0 fully saturated rings. The van der Waals surface area contributed by atoms with E-state index in [0.717, 1.165) is 10.1 Å². The van der Waals surface area contributed by atoms with E-state index in [1.165, 1.54) is 36.9 Å². The minimum Gasteiger partial charge on any atom is -0.506 e. The number of anilines is 2. The van der Waals surface area contributed by atoms with Gasteiger partial charge in [0.25, 0.3) is 0 Å². The number of nitrogen functional groups attached to an aromatic ring is 2. The Morgan fingerprint density at radius 3 is 2.00 bits per heavy atom. The Balaban J connectivity index is 0.000000149. The SMILES string of the molecule is Brc1ccn2ncnc2c1.Nc1ccc(O)c(Cl)c1F.Nc1ccc(Oc2ccn3ncnc3c2)c(Cl)c1F. The summed E-state index contributed by atoms with van der Waals surface area (Å²) < 4.78 is 35.9. The summed E-state index contributed by atoms with van der Waals surface area (Å²) in [7, 11) is 0. The van der Waals surface area contributed by atoms with Crippen LogP contribution in [0.15, 0.2) is 78.1 Å². The largest absolute Gasteiger partial charge is 0.506 e. The third kappa shape index (κ3) is 6.63. The van der Waals surface area contributed by atoms with E-state index in [4.69, 9.17) is 44.5 Å². The van der Waals surface area contributed by atoms with Crippen LogP contribution in [-0.4, -0.2) is 34.3 Å². The number of phenols is 1. The van der Waals surface area contributed by atoms with Crippen LogP contribution in [0.5, 0.6) is 17.2 Å². The predicted molar refractivity (Wildman–Crippen MR) is 147 cm³/mol. The van der Waals surface area contributed by atoms with Crippen LogP contribution in [0.3, 0.4) is 0 Å². The van der Waals surface area contributed by atoms with Gasteiger partial charge in [0.15, 0.2) is 22.9 Å². The average molecular weight is 638 g/mol. The van der Waals surface area contributed by atoms with Crippen LogP contribution in [0, 0.1) is 11.6 Å². The van der Waals surface area contributed by atoms with Crippen LogP contribution in [0.4, 0.5) is 20.2 Å². The highest BCUT2D eigenvalue weighted by atomic mass is 79.9. The average Bonchev–Trinajstić information content (AvgIpc) is 3.59. The van der Waals surface area contributed by atoms with Gasteiger partial charge in [-0.15, -0.1) is 0 Å². The summed E-state index contributed by atoms with van der Waals surface area (Å²) in [5.74, 6) is -1.10. The van der Waals surface area contributed by atoms with Crippen molar-refractivity contribution in [1.82, 2.24) is 29.2 Å². The Bertz CT molecular complexity index is 1740. The minimum atomic E-state index is -0.776. The fourth-order valence-corrected chi connectivity index (χ4v) is 3.66. The van der Waals surface area contributed by atoms with E-state index in [9.17, 15) is 8.78 Å². The molecule has 0 radical (unpaired) electrons. The molecule has 0 saturated carbocycles. The molecule has 0 saturated heterocycles. The lowest BCUT2D eigenvalue weighted by molar-refractivity contribution is 0.470. The van der Waals surface area contributed by atoms with Crippen molar-refractivity contribution in [2.45, 2.75) is 0 Å². The quantitative estimate of drug-likeness (QED) is 0.151. The summed E-state index contributed by atoms with van der Waals surface area (Å²) in [4.78, 5) is 8.02. The number of ether oxygens (including phenoxy) is 1. The Kier molecular flexibility index (Phi) is 8.64. The normalized spacial score (nSPS) is 10.5. The summed E-state index contributed by atoms with van der Waals surface area (Å²) in [6.45, 7) is 0. The highest BCUT2D eigenvalue weighted by Gasteiger charge is 2.12. The van der Waals surface area contributed by atoms with E-state index >= 15 is 0 Å². The number of aromatic nitrogens is 6. The lowest BCUT2D eigenvalue weighted by atomic mass is 10.3. The Hall–Kier alpha value is -4.20. The van der Waals surface area contributed by atoms with Crippen LogP contribution in [0.25, 0.3) is 11.3 Å². The molecule has 0 atom stereocenters. The summed E-state index contributed by atoms with van der Waals surface area (Å²) in [6.07, 6.45) is 6.49. The molecular weight excluding hydrogens is 621 g/mol. The van der Waals surface area contributed by atoms with Crippen LogP contribution < -0.4 is 16.2 Å². The number of aromatic hydroxyl groups is 1. The molecule has 0 amide bonds. The van der Waals surface area contributed by atoms with Crippen molar-refractivity contribution in [1.29, 1.82) is 0 Å². The maximum atomic E-state index is 13.5. The number of nitrogens with zero attached hydrogens (tertiary/aromatic N) is 6. The molecule has 39 heavy (non-hydrogen) atoms. The molecular formula is C24H17BrCl2F2N8O2. The van der Waals surface area contributed by atoms with Gasteiger partial charge in [-0.3, -0.25) is 0 Å². The number of phenolic OH excluding ortho intramolecular Hbond substituents is 1. The molecule has 0 unspecified atom stereocenters. The first-order chi connectivity index (χ1) is 18.6. The maximum Gasteiger partial charge on any atom is 0.168 e. The first kappa shape index (κ1) is 27.8. The summed E-state index contributed by atoms with van der Waals surface area (Å²) in [5.41, 5.74) is 11.9. The molecule has 5 N–H and O–H groups in total. The van der Waals surface area contributed by atoms with Crippen molar-refractivity contribution in [2.75, 3.05) is 11.5 Å². The molecule has 6 rings (SSSR count). The number of hydrogen-bond acceptors (Lipinski definition) is 8. The van der Waals surface area contributed by atoms with Gasteiger partial charge in [-0.1, -0.05) is 39.1 Å². The summed E-state index contributed by atoms with van der Waals surface area (Å²) in [6, 6.07) is 12.6. The Labute approximate surface area is 237 Å². The smallest absolute Gasteiger partial charge is 0.168 e. The molecule has 0 aliphatic rings. The van der Waals surface area contributed by atoms with Gasteiger partial charge in [0.05, 0.1) is 11.4 Å². The van der Waals surface area contributed by atoms with Gasteiger partial charge >= 0.3 is 0 Å². The number of rotatable bonds is 2. The van der Waals surface area contributed by atoms with E-state index in [2.05, 4.69) is 36.1 Å². The highest BCUT2D eigenvalue weighted by Crippen LogP contribution is 2.34. The van der Waals surface area contributed by atoms with Crippen molar-refractivity contribution < 1.29 is 18.6 Å². The zero-order valence-electron chi connectivity index (χ0n) is 19.5. The lowest BCUT2D eigenvalue weighted by Crippen LogP contribution is -1.94. The molecule has 0 aliphatic carbocycles. The fraction of sp³-hybridized carbons (Fsp3) is 0. The zero-order chi connectivity index (χ0) is 28.1. The lowest BCUT2D eigenvalue weighted by Gasteiger charge is -2.09. The van der Waals surface area contributed by atoms with Gasteiger partial charge in [0.1, 0.15) is 39.9 Å². The van der Waals surface area contributed by atoms with Crippen molar-refractivity contribution in [3.8, 4) is 17.2 Å². The van der Waals surface area contributed by atoms with Gasteiger partial charge in [0, 0.05) is 22.9 Å². The van der Waals surface area contributed by atoms with Gasteiger partial charge in [0.2, 0.25) is 0 Å². The zero-order valence-corrected chi connectivity index (χ0v) is 22.6. The third-order valence-corrected chi connectivity index (χ3v) is 6.10. The minimum absolute atomic E-state index is 0.0229. The van der Waals surface area contributed by atoms with E-state index < -0.39 is 11.6 Å². The van der Waals surface area contributed by atoms with E-state index in [0.29, 0.717) is 11.4 Å². The summed E-state index contributed by atoms with van der Waals surface area (Å²) in [5, 5.41) is 16.2. The molecule has 2 aromatic carbocycles. The number of pyridine rings is 2. The molecule has 0 aliphatic heterocycles. The summed E-state index contributed by atoms with van der Waals surface area (Å²) >= 11 is 14.4. The number of fused-ring (bicyclic) bond motifs is 2. The van der Waals surface area contributed by atoms with Crippen molar-refractivity contribution in [2.24, 2.45) is 0 Å². The molecule has 0 spiro atoms. The Morgan fingerprint density at radius 1 is 0.795 bits per heavy atom. The van der Waals surface area contributed by atoms with Crippen LogP contribution >= 0.6 is 39.1 Å². The number of halogens is 5. The third-order valence-electron chi connectivity index (χ3n) is 4.89. The first-order valence-electron chi connectivity index (χ1n) is 10.7. The van der Waals surface area contributed by atoms with Crippen molar-refractivity contribution in [3.05, 3.63) is 99.7 Å². The number of hydrogen-bond donors (Lipinski definition) is 3. The molecule has 4 aromatic heterocycles. The van der Waals surface area contributed by atoms with Crippen LogP contribution in [0.1, 0.15) is 0 Å². The highest BCUT2D eigenvalue weighted by molar-refractivity contribution is 9.10. The van der Waals surface area contributed by atoms with Gasteiger partial charge < -0.3 is 21.3 Å². The van der Waals surface area contributed by atoms with Crippen molar-refractivity contribution >= 4 is 61.8 Å². The van der Waals surface area contributed by atoms with Gasteiger partial charge in [-0.25, -0.2) is 27.8 Å². The standard InChI is InChI=1S/C12H8ClFN4O.C6H4BrN3.C6H5ClFNO/c13-11-9(2-1-8(15)12(11)14)19-7-3-4-18-10(5-7)16-6-17-18;7-5-1-2-10-6(3-5)8-4-9-10;7-5-4(10)2-1-3(9)6(5)8/h1-6H,15H2;1-4H;1-2,10H,9H2. The van der Waals surface area contributed by atoms with E-state index in [1.807, 2.05) is 18.3 Å². The second-order valence-electron chi connectivity index (χ2n) is 7.52. The first-order valence-corrected chi connectivity index (χ1v) is 12.3. The van der Waals surface area contributed by atoms with Crippen LogP contribution in [-0.2, 0) is 0 Å². The molecule has 15 heteroatoms. The Morgan fingerprint density at radius 2 is 1.36 bits per heavy atom. The van der Waals surface area contributed by atoms with E-state index in [-0.39, 0.29) is 32.9 Å².